The van der Waals surface area contributed by atoms with Gasteiger partial charge in [0.15, 0.2) is 5.69 Å². The number of azo groups is 1. The van der Waals surface area contributed by atoms with Gasteiger partial charge in [-0.3, -0.25) is 4.79 Å². The van der Waals surface area contributed by atoms with Gasteiger partial charge in [-0.05, 0) is 36.4 Å². The van der Waals surface area contributed by atoms with E-state index in [1.54, 1.807) is 24.3 Å². The molecule has 80 valence electrons. The fraction of sp³-hybridized carbons (Fsp3) is 0. The predicted molar refractivity (Wildman–Crippen MR) is 59.3 cm³/mol. The number of hydrogen-bond donors (Lipinski definition) is 2. The molecule has 5 heteroatoms. The van der Waals surface area contributed by atoms with Gasteiger partial charge < -0.3 is 10.1 Å². The van der Waals surface area contributed by atoms with Crippen LogP contribution in [0.25, 0.3) is 0 Å². The Morgan fingerprint density at radius 2 is 1.81 bits per heavy atom. The zero-order valence-corrected chi connectivity index (χ0v) is 8.29. The number of aromatic hydroxyl groups is 1. The van der Waals surface area contributed by atoms with E-state index < -0.39 is 0 Å². The number of benzene rings is 1. The van der Waals surface area contributed by atoms with Crippen molar-refractivity contribution in [3.8, 4) is 5.75 Å². The van der Waals surface area contributed by atoms with Crippen LogP contribution >= 0.6 is 0 Å². The average Bonchev–Trinajstić information content (AvgIpc) is 2.30. The Hall–Kier alpha value is -2.43. The van der Waals surface area contributed by atoms with Crippen molar-refractivity contribution in [2.24, 2.45) is 10.2 Å². The molecule has 0 radical (unpaired) electrons. The van der Waals surface area contributed by atoms with Crippen molar-refractivity contribution in [3.63, 3.8) is 0 Å². The van der Waals surface area contributed by atoms with Gasteiger partial charge in [0.2, 0.25) is 0 Å². The summed E-state index contributed by atoms with van der Waals surface area (Å²) in [5.74, 6) is 0.163. The van der Waals surface area contributed by atoms with Gasteiger partial charge in [-0.25, -0.2) is 0 Å². The van der Waals surface area contributed by atoms with Gasteiger partial charge in [0, 0.05) is 6.20 Å². The van der Waals surface area contributed by atoms with Crippen molar-refractivity contribution in [1.29, 1.82) is 0 Å². The molecule has 0 amide bonds. The van der Waals surface area contributed by atoms with Crippen molar-refractivity contribution in [2.75, 3.05) is 0 Å². The molecule has 5 nitrogen and oxygen atoms in total. The lowest BCUT2D eigenvalue weighted by Gasteiger charge is -1.93. The van der Waals surface area contributed by atoms with Crippen LogP contribution in [0.4, 0.5) is 11.4 Å². The number of phenols is 1. The molecule has 0 aliphatic carbocycles. The highest BCUT2D eigenvalue weighted by molar-refractivity contribution is 5.41. The molecular formula is C11H9N3O2. The van der Waals surface area contributed by atoms with Crippen molar-refractivity contribution in [1.82, 2.24) is 4.98 Å². The van der Waals surface area contributed by atoms with Gasteiger partial charge in [-0.2, -0.15) is 5.11 Å². The van der Waals surface area contributed by atoms with E-state index in [-0.39, 0.29) is 17.0 Å². The minimum absolute atomic E-state index is 0.163. The first-order valence-electron chi connectivity index (χ1n) is 4.64. The normalized spacial score (nSPS) is 10.8. The molecule has 16 heavy (non-hydrogen) atoms. The standard InChI is InChI=1S/C11H9N3O2/c15-9-5-3-8(4-6-9)13-14-10-2-1-7-12-11(10)16/h1-7,15H,(H,12,16). The summed E-state index contributed by atoms with van der Waals surface area (Å²) in [5, 5.41) is 16.7. The number of aromatic nitrogens is 1. The summed E-state index contributed by atoms with van der Waals surface area (Å²) in [5.41, 5.74) is 0.529. The average molecular weight is 215 g/mol. The molecular weight excluding hydrogens is 206 g/mol. The van der Waals surface area contributed by atoms with Crippen LogP contribution in [0.15, 0.2) is 57.6 Å². The topological polar surface area (TPSA) is 77.8 Å². The van der Waals surface area contributed by atoms with Crippen molar-refractivity contribution < 1.29 is 5.11 Å². The maximum atomic E-state index is 11.2. The van der Waals surface area contributed by atoms with Crippen molar-refractivity contribution >= 4 is 11.4 Å². The Balaban J connectivity index is 2.25. The molecule has 0 saturated heterocycles. The summed E-state index contributed by atoms with van der Waals surface area (Å²) in [6.07, 6.45) is 1.53. The SMILES string of the molecule is O=c1[nH]cccc1N=Nc1ccc(O)cc1. The molecule has 0 unspecified atom stereocenters. The van der Waals surface area contributed by atoms with E-state index in [2.05, 4.69) is 15.2 Å². The molecule has 1 aromatic carbocycles. The molecule has 0 fully saturated rings. The minimum atomic E-state index is -0.287. The number of H-pyrrole nitrogens is 1. The molecule has 0 aliphatic rings. The number of aromatic amines is 1. The lowest BCUT2D eigenvalue weighted by molar-refractivity contribution is 0.475. The third kappa shape index (κ3) is 2.33. The third-order valence-electron chi connectivity index (χ3n) is 1.92. The second-order valence-electron chi connectivity index (χ2n) is 3.10. The minimum Gasteiger partial charge on any atom is -0.508 e. The molecule has 1 heterocycles. The monoisotopic (exact) mass is 215 g/mol. The molecule has 0 spiro atoms. The number of pyridine rings is 1. The predicted octanol–water partition coefficient (Wildman–Crippen LogP) is 2.50. The summed E-state index contributed by atoms with van der Waals surface area (Å²) in [7, 11) is 0. The Morgan fingerprint density at radius 3 is 2.50 bits per heavy atom. The van der Waals surface area contributed by atoms with E-state index >= 15 is 0 Å². The summed E-state index contributed by atoms with van der Waals surface area (Å²) in [4.78, 5) is 13.7. The van der Waals surface area contributed by atoms with E-state index in [4.69, 9.17) is 5.11 Å². The Kier molecular flexibility index (Phi) is 2.77. The van der Waals surface area contributed by atoms with Crippen LogP contribution in [0.2, 0.25) is 0 Å². The molecule has 2 aromatic rings. The van der Waals surface area contributed by atoms with E-state index in [0.717, 1.165) is 0 Å². The Morgan fingerprint density at radius 1 is 1.06 bits per heavy atom. The lowest BCUT2D eigenvalue weighted by atomic mass is 10.3. The van der Waals surface area contributed by atoms with Crippen molar-refractivity contribution in [2.45, 2.75) is 0 Å². The highest BCUT2D eigenvalue weighted by atomic mass is 16.3. The van der Waals surface area contributed by atoms with Crippen LogP contribution in [0.1, 0.15) is 0 Å². The van der Waals surface area contributed by atoms with Crippen LogP contribution in [-0.4, -0.2) is 10.1 Å². The van der Waals surface area contributed by atoms with Crippen LogP contribution in [-0.2, 0) is 0 Å². The van der Waals surface area contributed by atoms with E-state index in [1.807, 2.05) is 0 Å². The van der Waals surface area contributed by atoms with Gasteiger partial charge in [0.25, 0.3) is 5.56 Å². The molecule has 2 rings (SSSR count). The van der Waals surface area contributed by atoms with Gasteiger partial charge in [-0.15, -0.1) is 5.11 Å². The first kappa shape index (κ1) is 10.1. The number of nitrogens with zero attached hydrogens (tertiary/aromatic N) is 2. The number of nitrogens with one attached hydrogen (secondary N) is 1. The summed E-state index contributed by atoms with van der Waals surface area (Å²) in [6, 6.07) is 9.47. The zero-order chi connectivity index (χ0) is 11.4. The highest BCUT2D eigenvalue weighted by Gasteiger charge is 1.95. The zero-order valence-electron chi connectivity index (χ0n) is 8.29. The first-order chi connectivity index (χ1) is 7.75. The summed E-state index contributed by atoms with van der Waals surface area (Å²) in [6.45, 7) is 0. The number of phenolic OH excluding ortho intramolecular Hbond substituents is 1. The van der Waals surface area contributed by atoms with Gasteiger partial charge in [0.05, 0.1) is 5.69 Å². The fourth-order valence-electron chi connectivity index (χ4n) is 1.12. The third-order valence-corrected chi connectivity index (χ3v) is 1.92. The smallest absolute Gasteiger partial charge is 0.275 e. The van der Waals surface area contributed by atoms with E-state index in [0.29, 0.717) is 5.69 Å². The van der Waals surface area contributed by atoms with Crippen LogP contribution in [0.5, 0.6) is 5.75 Å². The number of hydrogen-bond acceptors (Lipinski definition) is 4. The maximum absolute atomic E-state index is 11.2. The second kappa shape index (κ2) is 4.39. The van der Waals surface area contributed by atoms with Crippen LogP contribution in [0.3, 0.4) is 0 Å². The van der Waals surface area contributed by atoms with Gasteiger partial charge in [0.1, 0.15) is 5.75 Å². The molecule has 1 aromatic heterocycles. The van der Waals surface area contributed by atoms with E-state index in [1.165, 1.54) is 18.3 Å². The largest absolute Gasteiger partial charge is 0.508 e. The van der Waals surface area contributed by atoms with Crippen LogP contribution < -0.4 is 5.56 Å². The van der Waals surface area contributed by atoms with Gasteiger partial charge >= 0.3 is 0 Å². The Bertz CT molecular complexity index is 558. The quantitative estimate of drug-likeness (QED) is 0.755. The maximum Gasteiger partial charge on any atom is 0.275 e. The molecule has 0 bridgehead atoms. The summed E-state index contributed by atoms with van der Waals surface area (Å²) >= 11 is 0. The van der Waals surface area contributed by atoms with Crippen molar-refractivity contribution in [3.05, 3.63) is 52.9 Å². The molecule has 2 N–H and O–H groups in total. The molecule has 0 aliphatic heterocycles. The first-order valence-corrected chi connectivity index (χ1v) is 4.64. The van der Waals surface area contributed by atoms with E-state index in [9.17, 15) is 4.79 Å². The Labute approximate surface area is 91.1 Å². The molecule has 0 atom stereocenters. The number of rotatable bonds is 2. The molecule has 0 saturated carbocycles. The lowest BCUT2D eigenvalue weighted by Crippen LogP contribution is -2.01. The summed E-state index contributed by atoms with van der Waals surface area (Å²) < 4.78 is 0. The highest BCUT2D eigenvalue weighted by Crippen LogP contribution is 2.18. The second-order valence-corrected chi connectivity index (χ2v) is 3.10. The van der Waals surface area contributed by atoms with Gasteiger partial charge in [-0.1, -0.05) is 0 Å². The fourth-order valence-corrected chi connectivity index (χ4v) is 1.12. The van der Waals surface area contributed by atoms with Crippen LogP contribution in [0, 0.1) is 0 Å².